The van der Waals surface area contributed by atoms with Crippen molar-refractivity contribution in [2.45, 2.75) is 5.03 Å². The second kappa shape index (κ2) is 3.97. The van der Waals surface area contributed by atoms with E-state index in [0.29, 0.717) is 11.4 Å². The van der Waals surface area contributed by atoms with Crippen molar-refractivity contribution in [1.82, 2.24) is 15.0 Å². The Balaban J connectivity index is 2.53. The molecule has 0 aromatic carbocycles. The monoisotopic (exact) mass is 235 g/mol. The van der Waals surface area contributed by atoms with Crippen LogP contribution >= 0.6 is 0 Å². The molecule has 0 saturated heterocycles. The van der Waals surface area contributed by atoms with Crippen molar-refractivity contribution in [2.75, 3.05) is 6.26 Å². The van der Waals surface area contributed by atoms with Crippen LogP contribution in [0.4, 0.5) is 0 Å². The largest absolute Gasteiger partial charge is 0.264 e. The van der Waals surface area contributed by atoms with Crippen molar-refractivity contribution in [3.05, 3.63) is 36.8 Å². The number of hydrogen-bond donors (Lipinski definition) is 0. The predicted octanol–water partition coefficient (Wildman–Crippen LogP) is 0.942. The highest BCUT2D eigenvalue weighted by Gasteiger charge is 2.10. The van der Waals surface area contributed by atoms with Gasteiger partial charge in [0.05, 0.1) is 0 Å². The fraction of sp³-hybridized carbons (Fsp3) is 0.100. The summed E-state index contributed by atoms with van der Waals surface area (Å²) in [6, 6.07) is 4.88. The van der Waals surface area contributed by atoms with Crippen LogP contribution in [-0.2, 0) is 9.84 Å². The van der Waals surface area contributed by atoms with Crippen molar-refractivity contribution >= 4 is 9.84 Å². The van der Waals surface area contributed by atoms with Gasteiger partial charge in [-0.1, -0.05) is 0 Å². The van der Waals surface area contributed by atoms with Gasteiger partial charge in [-0.15, -0.1) is 0 Å². The lowest BCUT2D eigenvalue weighted by atomic mass is 10.3. The molecule has 0 unspecified atom stereocenters. The fourth-order valence-corrected chi connectivity index (χ4v) is 1.74. The average molecular weight is 235 g/mol. The van der Waals surface area contributed by atoms with Gasteiger partial charge in [-0.05, 0) is 18.2 Å². The van der Waals surface area contributed by atoms with E-state index in [1.165, 1.54) is 12.3 Å². The summed E-state index contributed by atoms with van der Waals surface area (Å²) in [4.78, 5) is 11.9. The minimum absolute atomic E-state index is 0.0151. The number of hydrogen-bond acceptors (Lipinski definition) is 5. The molecule has 0 aliphatic heterocycles. The second-order valence-corrected chi connectivity index (χ2v) is 5.19. The second-order valence-electron chi connectivity index (χ2n) is 3.23. The standard InChI is InChI=1S/C10H9N3O2S/c1-16(14,15)9-4-6-12-10(13-9)8-3-2-5-11-7-8/h2-7H,1H3. The molecule has 5 nitrogen and oxygen atoms in total. The first-order chi connectivity index (χ1) is 7.57. The van der Waals surface area contributed by atoms with Gasteiger partial charge < -0.3 is 0 Å². The number of nitrogens with zero attached hydrogens (tertiary/aromatic N) is 3. The van der Waals surface area contributed by atoms with Crippen LogP contribution in [0.1, 0.15) is 0 Å². The zero-order valence-electron chi connectivity index (χ0n) is 8.53. The molecule has 0 fully saturated rings. The fourth-order valence-electron chi connectivity index (χ4n) is 1.18. The van der Waals surface area contributed by atoms with E-state index in [2.05, 4.69) is 15.0 Å². The number of rotatable bonds is 2. The lowest BCUT2D eigenvalue weighted by Gasteiger charge is -2.01. The normalized spacial score (nSPS) is 11.3. The van der Waals surface area contributed by atoms with Crippen LogP contribution in [0.2, 0.25) is 0 Å². The zero-order valence-corrected chi connectivity index (χ0v) is 9.35. The van der Waals surface area contributed by atoms with Crippen LogP contribution in [0, 0.1) is 0 Å². The Kier molecular flexibility index (Phi) is 2.66. The molecule has 0 amide bonds. The van der Waals surface area contributed by atoms with Crippen molar-refractivity contribution in [1.29, 1.82) is 0 Å². The van der Waals surface area contributed by atoms with Crippen LogP contribution in [0.3, 0.4) is 0 Å². The quantitative estimate of drug-likeness (QED) is 0.724. The summed E-state index contributed by atoms with van der Waals surface area (Å²) < 4.78 is 22.6. The molecule has 0 N–H and O–H groups in total. The number of sulfone groups is 1. The van der Waals surface area contributed by atoms with E-state index in [0.717, 1.165) is 6.26 Å². The maximum atomic E-state index is 11.3. The van der Waals surface area contributed by atoms with Crippen LogP contribution in [-0.4, -0.2) is 29.6 Å². The van der Waals surface area contributed by atoms with Crippen molar-refractivity contribution in [3.63, 3.8) is 0 Å². The lowest BCUT2D eigenvalue weighted by Crippen LogP contribution is -2.02. The van der Waals surface area contributed by atoms with E-state index < -0.39 is 9.84 Å². The van der Waals surface area contributed by atoms with Gasteiger partial charge in [-0.2, -0.15) is 0 Å². The third-order valence-corrected chi connectivity index (χ3v) is 2.92. The van der Waals surface area contributed by atoms with E-state index in [9.17, 15) is 8.42 Å². The van der Waals surface area contributed by atoms with Crippen LogP contribution in [0.5, 0.6) is 0 Å². The zero-order chi connectivity index (χ0) is 11.6. The highest BCUT2D eigenvalue weighted by Crippen LogP contribution is 2.14. The van der Waals surface area contributed by atoms with Gasteiger partial charge >= 0.3 is 0 Å². The molecular formula is C10H9N3O2S. The summed E-state index contributed by atoms with van der Waals surface area (Å²) in [5.41, 5.74) is 0.688. The van der Waals surface area contributed by atoms with Gasteiger partial charge in [-0.25, -0.2) is 18.4 Å². The van der Waals surface area contributed by atoms with Crippen LogP contribution in [0.25, 0.3) is 11.4 Å². The molecule has 2 aromatic heterocycles. The molecule has 0 aliphatic carbocycles. The highest BCUT2D eigenvalue weighted by molar-refractivity contribution is 7.90. The highest BCUT2D eigenvalue weighted by atomic mass is 32.2. The Morgan fingerprint density at radius 1 is 1.19 bits per heavy atom. The molecule has 6 heteroatoms. The molecule has 0 aliphatic rings. The minimum Gasteiger partial charge on any atom is -0.264 e. The minimum atomic E-state index is -3.30. The first-order valence-electron chi connectivity index (χ1n) is 4.51. The molecule has 82 valence electrons. The molecule has 0 radical (unpaired) electrons. The summed E-state index contributed by atoms with van der Waals surface area (Å²) in [7, 11) is -3.30. The van der Waals surface area contributed by atoms with Gasteiger partial charge in [-0.3, -0.25) is 4.98 Å². The summed E-state index contributed by atoms with van der Waals surface area (Å²) >= 11 is 0. The molecule has 0 bridgehead atoms. The SMILES string of the molecule is CS(=O)(=O)c1ccnc(-c2cccnc2)n1. The molecule has 2 heterocycles. The third kappa shape index (κ3) is 2.22. The molecule has 0 atom stereocenters. The molecule has 0 saturated carbocycles. The number of pyridine rings is 1. The first kappa shape index (κ1) is 10.7. The summed E-state index contributed by atoms with van der Waals surface area (Å²) in [6.07, 6.45) is 5.75. The van der Waals surface area contributed by atoms with Crippen LogP contribution < -0.4 is 0 Å². The molecule has 16 heavy (non-hydrogen) atoms. The Bertz CT molecular complexity index is 596. The summed E-state index contributed by atoms with van der Waals surface area (Å²) in [5.74, 6) is 0.357. The van der Waals surface area contributed by atoms with Gasteiger partial charge in [0, 0.05) is 30.4 Å². The average Bonchev–Trinajstić information content (AvgIpc) is 2.29. The smallest absolute Gasteiger partial charge is 0.192 e. The third-order valence-electron chi connectivity index (χ3n) is 1.93. The van der Waals surface area contributed by atoms with E-state index in [1.807, 2.05) is 0 Å². The molecule has 0 spiro atoms. The van der Waals surface area contributed by atoms with E-state index >= 15 is 0 Å². The molecular weight excluding hydrogens is 226 g/mol. The first-order valence-corrected chi connectivity index (χ1v) is 6.40. The van der Waals surface area contributed by atoms with Gasteiger partial charge in [0.2, 0.25) is 0 Å². The molecule has 2 rings (SSSR count). The molecule has 2 aromatic rings. The topological polar surface area (TPSA) is 72.8 Å². The summed E-state index contributed by atoms with van der Waals surface area (Å²) in [5, 5.41) is 0.0151. The van der Waals surface area contributed by atoms with Crippen molar-refractivity contribution in [2.24, 2.45) is 0 Å². The Morgan fingerprint density at radius 2 is 2.00 bits per heavy atom. The van der Waals surface area contributed by atoms with Crippen molar-refractivity contribution < 1.29 is 8.42 Å². The predicted molar refractivity (Wildman–Crippen MR) is 58.4 cm³/mol. The van der Waals surface area contributed by atoms with E-state index in [4.69, 9.17) is 0 Å². The Hall–Kier alpha value is -1.82. The van der Waals surface area contributed by atoms with Crippen molar-refractivity contribution in [3.8, 4) is 11.4 Å². The lowest BCUT2D eigenvalue weighted by molar-refractivity contribution is 0.598. The summed E-state index contributed by atoms with van der Waals surface area (Å²) in [6.45, 7) is 0. The maximum absolute atomic E-state index is 11.3. The van der Waals surface area contributed by atoms with E-state index in [1.54, 1.807) is 24.5 Å². The maximum Gasteiger partial charge on any atom is 0.192 e. The van der Waals surface area contributed by atoms with Gasteiger partial charge in [0.1, 0.15) is 0 Å². The Labute approximate surface area is 93.1 Å². The van der Waals surface area contributed by atoms with Gasteiger partial charge in [0.25, 0.3) is 0 Å². The van der Waals surface area contributed by atoms with Crippen LogP contribution in [0.15, 0.2) is 41.8 Å². The van der Waals surface area contributed by atoms with E-state index in [-0.39, 0.29) is 5.03 Å². The number of aromatic nitrogens is 3. The van der Waals surface area contributed by atoms with Gasteiger partial charge in [0.15, 0.2) is 20.7 Å². The Morgan fingerprint density at radius 3 is 2.62 bits per heavy atom.